The largest absolute Gasteiger partial charge is 0.459 e. The van der Waals surface area contributed by atoms with Gasteiger partial charge in [-0.2, -0.15) is 0 Å². The molecule has 0 aromatic heterocycles. The van der Waals surface area contributed by atoms with Crippen LogP contribution in [-0.4, -0.2) is 27.2 Å². The SMILES string of the molecule is Cc1ccccc1N(CC(=O)OCc1ccc(F)cc1Br)S(C)(=O)=O. The Morgan fingerprint density at radius 2 is 1.92 bits per heavy atom. The van der Waals surface area contributed by atoms with E-state index >= 15 is 0 Å². The number of halogens is 2. The van der Waals surface area contributed by atoms with Gasteiger partial charge in [0, 0.05) is 10.0 Å². The summed E-state index contributed by atoms with van der Waals surface area (Å²) in [6, 6.07) is 10.9. The highest BCUT2D eigenvalue weighted by molar-refractivity contribution is 9.10. The second-order valence-electron chi connectivity index (χ2n) is 5.45. The molecule has 0 amide bonds. The molecule has 5 nitrogen and oxygen atoms in total. The molecule has 0 radical (unpaired) electrons. The predicted octanol–water partition coefficient (Wildman–Crippen LogP) is 3.41. The lowest BCUT2D eigenvalue weighted by atomic mass is 10.2. The first-order valence-corrected chi connectivity index (χ1v) is 9.95. The van der Waals surface area contributed by atoms with Crippen LogP contribution in [0.15, 0.2) is 46.9 Å². The van der Waals surface area contributed by atoms with Gasteiger partial charge in [-0.25, -0.2) is 12.8 Å². The van der Waals surface area contributed by atoms with Gasteiger partial charge in [0.05, 0.1) is 11.9 Å². The number of anilines is 1. The number of rotatable bonds is 6. The minimum Gasteiger partial charge on any atom is -0.459 e. The highest BCUT2D eigenvalue weighted by atomic mass is 79.9. The molecule has 2 aromatic rings. The second kappa shape index (κ2) is 7.97. The quantitative estimate of drug-likeness (QED) is 0.660. The summed E-state index contributed by atoms with van der Waals surface area (Å²) in [6.45, 7) is 1.22. The molecule has 0 saturated carbocycles. The number of sulfonamides is 1. The third-order valence-corrected chi connectivity index (χ3v) is 5.33. The van der Waals surface area contributed by atoms with Gasteiger partial charge in [-0.1, -0.05) is 40.2 Å². The van der Waals surface area contributed by atoms with Gasteiger partial charge in [-0.15, -0.1) is 0 Å². The third kappa shape index (κ3) is 5.27. The highest BCUT2D eigenvalue weighted by Crippen LogP contribution is 2.22. The van der Waals surface area contributed by atoms with E-state index in [4.69, 9.17) is 4.74 Å². The fraction of sp³-hybridized carbons (Fsp3) is 0.235. The number of esters is 1. The molecule has 0 N–H and O–H groups in total. The summed E-state index contributed by atoms with van der Waals surface area (Å²) < 4.78 is 43.8. The second-order valence-corrected chi connectivity index (χ2v) is 8.21. The first-order chi connectivity index (χ1) is 11.7. The molecule has 8 heteroatoms. The number of aryl methyl sites for hydroxylation is 1. The van der Waals surface area contributed by atoms with Crippen molar-refractivity contribution < 1.29 is 22.3 Å². The van der Waals surface area contributed by atoms with Crippen molar-refractivity contribution in [1.82, 2.24) is 0 Å². The van der Waals surface area contributed by atoms with Crippen LogP contribution in [0.4, 0.5) is 10.1 Å². The predicted molar refractivity (Wildman–Crippen MR) is 97.3 cm³/mol. The minimum absolute atomic E-state index is 0.0922. The van der Waals surface area contributed by atoms with E-state index in [0.717, 1.165) is 16.1 Å². The minimum atomic E-state index is -3.66. The lowest BCUT2D eigenvalue weighted by Gasteiger charge is -2.23. The maximum absolute atomic E-state index is 13.1. The molecule has 0 fully saturated rings. The summed E-state index contributed by atoms with van der Waals surface area (Å²) in [7, 11) is -3.66. The van der Waals surface area contributed by atoms with Crippen LogP contribution < -0.4 is 4.31 Å². The number of ether oxygens (including phenoxy) is 1. The zero-order valence-electron chi connectivity index (χ0n) is 13.7. The van der Waals surface area contributed by atoms with Crippen molar-refractivity contribution in [2.45, 2.75) is 13.5 Å². The molecule has 0 aliphatic carbocycles. The van der Waals surface area contributed by atoms with Crippen molar-refractivity contribution in [1.29, 1.82) is 0 Å². The third-order valence-electron chi connectivity index (χ3n) is 3.46. The van der Waals surface area contributed by atoms with Crippen molar-refractivity contribution in [3.05, 3.63) is 63.9 Å². The number of hydrogen-bond donors (Lipinski definition) is 0. The van der Waals surface area contributed by atoms with Crippen molar-refractivity contribution in [3.63, 3.8) is 0 Å². The maximum Gasteiger partial charge on any atom is 0.327 e. The summed E-state index contributed by atoms with van der Waals surface area (Å²) in [4.78, 5) is 12.1. The van der Waals surface area contributed by atoms with Gasteiger partial charge < -0.3 is 4.74 Å². The normalized spacial score (nSPS) is 11.2. The lowest BCUT2D eigenvalue weighted by Crippen LogP contribution is -2.36. The Morgan fingerprint density at radius 1 is 1.24 bits per heavy atom. The Balaban J connectivity index is 2.11. The fourth-order valence-corrected chi connectivity index (χ4v) is 3.55. The summed E-state index contributed by atoms with van der Waals surface area (Å²) >= 11 is 3.19. The van der Waals surface area contributed by atoms with E-state index < -0.39 is 28.4 Å². The first-order valence-electron chi connectivity index (χ1n) is 7.31. The Bertz CT molecular complexity index is 886. The number of hydrogen-bond acceptors (Lipinski definition) is 4. The van der Waals surface area contributed by atoms with E-state index in [1.165, 1.54) is 18.2 Å². The van der Waals surface area contributed by atoms with E-state index in [-0.39, 0.29) is 6.61 Å². The van der Waals surface area contributed by atoms with Crippen molar-refractivity contribution in [2.75, 3.05) is 17.1 Å². The molecule has 25 heavy (non-hydrogen) atoms. The van der Waals surface area contributed by atoms with Gasteiger partial charge in [0.1, 0.15) is 19.0 Å². The van der Waals surface area contributed by atoms with E-state index in [1.54, 1.807) is 31.2 Å². The number of benzene rings is 2. The van der Waals surface area contributed by atoms with Gasteiger partial charge in [0.15, 0.2) is 0 Å². The molecule has 0 atom stereocenters. The zero-order valence-corrected chi connectivity index (χ0v) is 16.1. The van der Waals surface area contributed by atoms with Crippen LogP contribution in [0, 0.1) is 12.7 Å². The van der Waals surface area contributed by atoms with Crippen LogP contribution in [0.1, 0.15) is 11.1 Å². The summed E-state index contributed by atoms with van der Waals surface area (Å²) in [5, 5.41) is 0. The van der Waals surface area contributed by atoms with E-state index in [9.17, 15) is 17.6 Å². The van der Waals surface area contributed by atoms with Crippen LogP contribution >= 0.6 is 15.9 Å². The van der Waals surface area contributed by atoms with E-state index in [0.29, 0.717) is 15.7 Å². The molecule has 2 rings (SSSR count). The van der Waals surface area contributed by atoms with Crippen molar-refractivity contribution >= 4 is 37.6 Å². The molecule has 0 saturated heterocycles. The monoisotopic (exact) mass is 429 g/mol. The van der Waals surface area contributed by atoms with Crippen molar-refractivity contribution in [3.8, 4) is 0 Å². The molecular weight excluding hydrogens is 413 g/mol. The first kappa shape index (κ1) is 19.4. The fourth-order valence-electron chi connectivity index (χ4n) is 2.18. The molecule has 0 bridgehead atoms. The average Bonchev–Trinajstić information content (AvgIpc) is 2.51. The van der Waals surface area contributed by atoms with E-state index in [1.807, 2.05) is 0 Å². The Hall–Kier alpha value is -1.93. The van der Waals surface area contributed by atoms with Gasteiger partial charge in [0.25, 0.3) is 0 Å². The van der Waals surface area contributed by atoms with Gasteiger partial charge >= 0.3 is 5.97 Å². The van der Waals surface area contributed by atoms with Gasteiger partial charge in [-0.05, 0) is 30.7 Å². The molecule has 0 aliphatic heterocycles. The van der Waals surface area contributed by atoms with Crippen molar-refractivity contribution in [2.24, 2.45) is 0 Å². The maximum atomic E-state index is 13.1. The number of carbonyl (C=O) groups is 1. The standard InChI is InChI=1S/C17H17BrFNO4S/c1-12-5-3-4-6-16(12)20(25(2,22)23)10-17(21)24-11-13-7-8-14(19)9-15(13)18/h3-9H,10-11H2,1-2H3. The van der Waals surface area contributed by atoms with Gasteiger partial charge in [-0.3, -0.25) is 9.10 Å². The highest BCUT2D eigenvalue weighted by Gasteiger charge is 2.23. The number of nitrogens with zero attached hydrogens (tertiary/aromatic N) is 1. The molecule has 0 spiro atoms. The topological polar surface area (TPSA) is 63.7 Å². The van der Waals surface area contributed by atoms with Crippen LogP contribution in [0.2, 0.25) is 0 Å². The smallest absolute Gasteiger partial charge is 0.327 e. The van der Waals surface area contributed by atoms with Crippen LogP contribution in [0.25, 0.3) is 0 Å². The molecule has 0 unspecified atom stereocenters. The summed E-state index contributed by atoms with van der Waals surface area (Å²) in [5.41, 5.74) is 1.73. The molecule has 0 heterocycles. The number of para-hydroxylation sites is 1. The Morgan fingerprint density at radius 3 is 2.52 bits per heavy atom. The molecular formula is C17H17BrFNO4S. The molecule has 0 aliphatic rings. The van der Waals surface area contributed by atoms with Gasteiger partial charge in [0.2, 0.25) is 10.0 Å². The van der Waals surface area contributed by atoms with Crippen LogP contribution in [0.5, 0.6) is 0 Å². The number of carbonyl (C=O) groups excluding carboxylic acids is 1. The summed E-state index contributed by atoms with van der Waals surface area (Å²) in [5.74, 6) is -1.12. The molecule has 2 aromatic carbocycles. The van der Waals surface area contributed by atoms with Crippen LogP contribution in [0.3, 0.4) is 0 Å². The average molecular weight is 430 g/mol. The van der Waals surface area contributed by atoms with Crippen LogP contribution in [-0.2, 0) is 26.2 Å². The Labute approximate surface area is 154 Å². The zero-order chi connectivity index (χ0) is 18.6. The summed E-state index contributed by atoms with van der Waals surface area (Å²) in [6.07, 6.45) is 1.03. The Kier molecular flexibility index (Phi) is 6.18. The van der Waals surface area contributed by atoms with E-state index in [2.05, 4.69) is 15.9 Å². The molecule has 134 valence electrons. The lowest BCUT2D eigenvalue weighted by molar-refractivity contribution is -0.143.